The van der Waals surface area contributed by atoms with Gasteiger partial charge in [0, 0.05) is 24.7 Å². The molecule has 8 nitrogen and oxygen atoms in total. The molecule has 0 saturated carbocycles. The predicted molar refractivity (Wildman–Crippen MR) is 82.7 cm³/mol. The van der Waals surface area contributed by atoms with Crippen molar-refractivity contribution in [3.63, 3.8) is 0 Å². The number of nitro groups is 1. The first-order chi connectivity index (χ1) is 10.6. The highest BCUT2D eigenvalue weighted by Gasteiger charge is 2.26. The van der Waals surface area contributed by atoms with Gasteiger partial charge in [-0.05, 0) is 19.9 Å². The van der Waals surface area contributed by atoms with Crippen LogP contribution in [0.15, 0.2) is 27.6 Å². The average Bonchev–Trinajstić information content (AvgIpc) is 2.86. The van der Waals surface area contributed by atoms with Crippen LogP contribution in [0.4, 0.5) is 5.69 Å². The minimum absolute atomic E-state index is 0.0171. The topological polar surface area (TPSA) is 107 Å². The molecule has 0 spiro atoms. The summed E-state index contributed by atoms with van der Waals surface area (Å²) >= 11 is 5.92. The lowest BCUT2D eigenvalue weighted by atomic mass is 10.2. The SMILES string of the molecule is Cc1cc(CN(C)S(=O)(=O)c2cc(Cl)c(C)c([N+](=O)[O-])c2)no1. The van der Waals surface area contributed by atoms with Crippen LogP contribution in [0.3, 0.4) is 0 Å². The molecule has 0 aliphatic heterocycles. The van der Waals surface area contributed by atoms with Crippen molar-refractivity contribution < 1.29 is 17.9 Å². The van der Waals surface area contributed by atoms with Gasteiger partial charge in [-0.2, -0.15) is 4.31 Å². The molecule has 1 aromatic heterocycles. The van der Waals surface area contributed by atoms with E-state index in [4.69, 9.17) is 16.1 Å². The summed E-state index contributed by atoms with van der Waals surface area (Å²) in [5.74, 6) is 0.555. The Morgan fingerprint density at radius 1 is 1.35 bits per heavy atom. The second kappa shape index (κ2) is 6.26. The van der Waals surface area contributed by atoms with Gasteiger partial charge in [0.15, 0.2) is 0 Å². The van der Waals surface area contributed by atoms with Gasteiger partial charge in [-0.1, -0.05) is 16.8 Å². The summed E-state index contributed by atoms with van der Waals surface area (Å²) in [4.78, 5) is 10.1. The first kappa shape index (κ1) is 17.4. The van der Waals surface area contributed by atoms with Crippen molar-refractivity contribution in [1.29, 1.82) is 0 Å². The number of nitrogens with zero attached hydrogens (tertiary/aromatic N) is 3. The van der Waals surface area contributed by atoms with E-state index in [1.165, 1.54) is 20.0 Å². The normalized spacial score (nSPS) is 11.9. The molecule has 2 rings (SSSR count). The van der Waals surface area contributed by atoms with E-state index < -0.39 is 14.9 Å². The van der Waals surface area contributed by atoms with Crippen LogP contribution in [0.1, 0.15) is 17.0 Å². The largest absolute Gasteiger partial charge is 0.361 e. The molecule has 0 fully saturated rings. The second-order valence-corrected chi connectivity index (χ2v) is 7.45. The summed E-state index contributed by atoms with van der Waals surface area (Å²) in [6, 6.07) is 3.81. The predicted octanol–water partition coefficient (Wildman–Crippen LogP) is 2.67. The van der Waals surface area contributed by atoms with Gasteiger partial charge in [0.05, 0.1) is 27.1 Å². The summed E-state index contributed by atoms with van der Waals surface area (Å²) < 4.78 is 31.0. The second-order valence-electron chi connectivity index (χ2n) is 5.00. The molecule has 0 bridgehead atoms. The number of sulfonamides is 1. The number of aromatic nitrogens is 1. The Kier molecular flexibility index (Phi) is 4.73. The zero-order valence-corrected chi connectivity index (χ0v) is 14.2. The van der Waals surface area contributed by atoms with Gasteiger partial charge in [-0.15, -0.1) is 0 Å². The van der Waals surface area contributed by atoms with Crippen molar-refractivity contribution >= 4 is 27.3 Å². The number of benzene rings is 1. The Morgan fingerprint density at radius 3 is 2.52 bits per heavy atom. The Morgan fingerprint density at radius 2 is 2.00 bits per heavy atom. The number of aryl methyl sites for hydroxylation is 1. The van der Waals surface area contributed by atoms with E-state index >= 15 is 0 Å². The summed E-state index contributed by atoms with van der Waals surface area (Å²) in [6.45, 7) is 3.12. The van der Waals surface area contributed by atoms with Crippen molar-refractivity contribution in [3.8, 4) is 0 Å². The maximum absolute atomic E-state index is 12.6. The summed E-state index contributed by atoms with van der Waals surface area (Å²) in [5.41, 5.74) is 0.299. The van der Waals surface area contributed by atoms with Crippen LogP contribution in [0, 0.1) is 24.0 Å². The van der Waals surface area contributed by atoms with Crippen LogP contribution in [0.5, 0.6) is 0 Å². The van der Waals surface area contributed by atoms with Crippen LogP contribution >= 0.6 is 11.6 Å². The molecule has 124 valence electrons. The third-order valence-electron chi connectivity index (χ3n) is 3.26. The van der Waals surface area contributed by atoms with Gasteiger partial charge >= 0.3 is 0 Å². The maximum atomic E-state index is 12.6. The summed E-state index contributed by atoms with van der Waals surface area (Å²) in [7, 11) is -2.61. The zero-order chi connectivity index (χ0) is 17.4. The standard InChI is InChI=1S/C13H14ClN3O5S/c1-8-4-10(15-22-8)7-16(3)23(20,21)11-5-12(14)9(2)13(6-11)17(18)19/h4-6H,7H2,1-3H3. The molecule has 0 unspecified atom stereocenters. The average molecular weight is 360 g/mol. The van der Waals surface area contributed by atoms with Crippen molar-refractivity contribution in [3.05, 3.63) is 50.4 Å². The number of rotatable bonds is 5. The van der Waals surface area contributed by atoms with E-state index in [1.54, 1.807) is 13.0 Å². The quantitative estimate of drug-likeness (QED) is 0.600. The first-order valence-electron chi connectivity index (χ1n) is 6.46. The van der Waals surface area contributed by atoms with Crippen molar-refractivity contribution in [2.24, 2.45) is 0 Å². The lowest BCUT2D eigenvalue weighted by molar-refractivity contribution is -0.385. The lowest BCUT2D eigenvalue weighted by Gasteiger charge is -2.16. The molecule has 0 N–H and O–H groups in total. The Hall–Kier alpha value is -1.97. The monoisotopic (exact) mass is 359 g/mol. The molecule has 1 heterocycles. The smallest absolute Gasteiger partial charge is 0.275 e. The number of nitro benzene ring substituents is 1. The highest BCUT2D eigenvalue weighted by Crippen LogP contribution is 2.30. The fourth-order valence-electron chi connectivity index (χ4n) is 1.96. The van der Waals surface area contributed by atoms with Crippen molar-refractivity contribution in [2.45, 2.75) is 25.3 Å². The van der Waals surface area contributed by atoms with Crippen LogP contribution in [0.25, 0.3) is 0 Å². The van der Waals surface area contributed by atoms with Crippen LogP contribution in [0.2, 0.25) is 5.02 Å². The molecule has 0 aliphatic rings. The van der Waals surface area contributed by atoms with E-state index in [1.807, 2.05) is 0 Å². The zero-order valence-electron chi connectivity index (χ0n) is 12.6. The van der Waals surface area contributed by atoms with Gasteiger partial charge < -0.3 is 4.52 Å². The first-order valence-corrected chi connectivity index (χ1v) is 8.28. The van der Waals surface area contributed by atoms with Crippen LogP contribution in [-0.4, -0.2) is 29.9 Å². The van der Waals surface area contributed by atoms with Gasteiger partial charge in [-0.3, -0.25) is 10.1 Å². The number of hydrogen-bond donors (Lipinski definition) is 0. The molecule has 10 heteroatoms. The van der Waals surface area contributed by atoms with Crippen molar-refractivity contribution in [2.75, 3.05) is 7.05 Å². The Balaban J connectivity index is 2.41. The van der Waals surface area contributed by atoms with Crippen LogP contribution < -0.4 is 0 Å². The van der Waals surface area contributed by atoms with E-state index in [9.17, 15) is 18.5 Å². The molecule has 2 aromatic rings. The minimum Gasteiger partial charge on any atom is -0.361 e. The van der Waals surface area contributed by atoms with E-state index in [2.05, 4.69) is 5.16 Å². The summed E-state index contributed by atoms with van der Waals surface area (Å²) in [5, 5.41) is 14.8. The highest BCUT2D eigenvalue weighted by molar-refractivity contribution is 7.89. The fraction of sp³-hybridized carbons (Fsp3) is 0.308. The molecule has 0 aliphatic carbocycles. The molecule has 0 saturated heterocycles. The van der Waals surface area contributed by atoms with Gasteiger partial charge in [0.1, 0.15) is 5.76 Å². The van der Waals surface area contributed by atoms with Gasteiger partial charge in [0.25, 0.3) is 5.69 Å². The van der Waals surface area contributed by atoms with E-state index in [0.717, 1.165) is 10.4 Å². The van der Waals surface area contributed by atoms with Gasteiger partial charge in [0.2, 0.25) is 10.0 Å². The fourth-order valence-corrected chi connectivity index (χ4v) is 3.43. The van der Waals surface area contributed by atoms with Crippen molar-refractivity contribution in [1.82, 2.24) is 9.46 Å². The Bertz CT molecular complexity index is 862. The summed E-state index contributed by atoms with van der Waals surface area (Å²) in [6.07, 6.45) is 0. The third kappa shape index (κ3) is 3.52. The number of halogens is 1. The van der Waals surface area contributed by atoms with Crippen LogP contribution in [-0.2, 0) is 16.6 Å². The third-order valence-corrected chi connectivity index (χ3v) is 5.43. The number of hydrogen-bond acceptors (Lipinski definition) is 6. The minimum atomic E-state index is -3.96. The molecule has 1 aromatic carbocycles. The van der Waals surface area contributed by atoms with E-state index in [-0.39, 0.29) is 27.7 Å². The molecular weight excluding hydrogens is 346 g/mol. The Labute approximate surface area is 137 Å². The molecule has 0 amide bonds. The highest BCUT2D eigenvalue weighted by atomic mass is 35.5. The lowest BCUT2D eigenvalue weighted by Crippen LogP contribution is -2.26. The molecular formula is C13H14ClN3O5S. The van der Waals surface area contributed by atoms with E-state index in [0.29, 0.717) is 11.5 Å². The molecule has 0 radical (unpaired) electrons. The van der Waals surface area contributed by atoms with Gasteiger partial charge in [-0.25, -0.2) is 8.42 Å². The molecule has 0 atom stereocenters. The maximum Gasteiger partial charge on any atom is 0.275 e. The molecule has 23 heavy (non-hydrogen) atoms.